The molecular formula is C17H22FN3O2. The van der Waals surface area contributed by atoms with Crippen LogP contribution in [-0.4, -0.2) is 53.4 Å². The minimum absolute atomic E-state index is 0.306. The number of hydrogen-bond donors (Lipinski definition) is 1. The number of methoxy groups -OCH3 is 1. The molecule has 5 nitrogen and oxygen atoms in total. The smallest absolute Gasteiger partial charge is 0.140 e. The van der Waals surface area contributed by atoms with Gasteiger partial charge in [-0.2, -0.15) is 0 Å². The first-order chi connectivity index (χ1) is 11.2. The average Bonchev–Trinajstić information content (AvgIpc) is 3.05. The standard InChI is InChI=1S/C17H22FN3O2/c1-22-12-5-6-14-15(7-12)20-17(19-14)10-23-16-9-21(8-13(16)18)11-3-2-4-11/h5-7,11,13,16H,2-4,8-10H2,1H3,(H,19,20). The first-order valence-electron chi connectivity index (χ1n) is 8.25. The molecule has 6 heteroatoms. The lowest BCUT2D eigenvalue weighted by Gasteiger charge is -2.34. The molecule has 0 bridgehead atoms. The maximum absolute atomic E-state index is 14.2. The van der Waals surface area contributed by atoms with E-state index in [0.717, 1.165) is 22.6 Å². The molecule has 1 aliphatic heterocycles. The number of rotatable bonds is 5. The highest BCUT2D eigenvalue weighted by molar-refractivity contribution is 5.76. The van der Waals surface area contributed by atoms with E-state index in [1.807, 2.05) is 18.2 Å². The first kappa shape index (κ1) is 14.9. The van der Waals surface area contributed by atoms with Gasteiger partial charge in [0.05, 0.1) is 18.1 Å². The Balaban J connectivity index is 1.38. The summed E-state index contributed by atoms with van der Waals surface area (Å²) in [5.41, 5.74) is 1.77. The average molecular weight is 319 g/mol. The third-order valence-corrected chi connectivity index (χ3v) is 4.99. The lowest BCUT2D eigenvalue weighted by Crippen LogP contribution is -2.39. The van der Waals surface area contributed by atoms with Crippen molar-refractivity contribution < 1.29 is 13.9 Å². The molecule has 2 fully saturated rings. The molecule has 1 aromatic heterocycles. The molecule has 2 heterocycles. The van der Waals surface area contributed by atoms with Crippen LogP contribution in [0, 0.1) is 0 Å². The van der Waals surface area contributed by atoms with Crippen LogP contribution in [0.1, 0.15) is 25.1 Å². The summed E-state index contributed by atoms with van der Waals surface area (Å²) in [6, 6.07) is 6.25. The van der Waals surface area contributed by atoms with Crippen molar-refractivity contribution in [2.24, 2.45) is 0 Å². The summed E-state index contributed by atoms with van der Waals surface area (Å²) in [5, 5.41) is 0. The number of halogens is 1. The number of imidazole rings is 1. The molecule has 124 valence electrons. The molecule has 1 saturated carbocycles. The number of H-pyrrole nitrogens is 1. The van der Waals surface area contributed by atoms with Crippen molar-refractivity contribution in [1.82, 2.24) is 14.9 Å². The van der Waals surface area contributed by atoms with E-state index < -0.39 is 6.17 Å². The molecule has 2 aliphatic rings. The quantitative estimate of drug-likeness (QED) is 0.920. The summed E-state index contributed by atoms with van der Waals surface area (Å²) in [7, 11) is 1.64. The largest absolute Gasteiger partial charge is 0.497 e. The second-order valence-electron chi connectivity index (χ2n) is 6.47. The Hall–Kier alpha value is -1.66. The lowest BCUT2D eigenvalue weighted by atomic mass is 9.92. The summed E-state index contributed by atoms with van der Waals surface area (Å²) in [6.45, 7) is 1.51. The van der Waals surface area contributed by atoms with Gasteiger partial charge in [-0.3, -0.25) is 4.90 Å². The van der Waals surface area contributed by atoms with Gasteiger partial charge in [-0.15, -0.1) is 0 Å². The van der Waals surface area contributed by atoms with E-state index in [1.165, 1.54) is 19.3 Å². The number of likely N-dealkylation sites (tertiary alicyclic amines) is 1. The van der Waals surface area contributed by atoms with Crippen LogP contribution in [0.2, 0.25) is 0 Å². The second kappa shape index (κ2) is 6.09. The lowest BCUT2D eigenvalue weighted by molar-refractivity contribution is 0.00648. The van der Waals surface area contributed by atoms with Gasteiger partial charge in [-0.25, -0.2) is 9.37 Å². The van der Waals surface area contributed by atoms with Crippen LogP contribution < -0.4 is 4.74 Å². The van der Waals surface area contributed by atoms with Crippen LogP contribution in [0.15, 0.2) is 18.2 Å². The van der Waals surface area contributed by atoms with Crippen LogP contribution >= 0.6 is 0 Å². The zero-order valence-corrected chi connectivity index (χ0v) is 13.3. The third kappa shape index (κ3) is 2.93. The molecule has 1 N–H and O–H groups in total. The summed E-state index contributed by atoms with van der Waals surface area (Å²) >= 11 is 0. The molecule has 0 radical (unpaired) electrons. The Labute approximate surface area is 134 Å². The number of aromatic nitrogens is 2. The van der Waals surface area contributed by atoms with Crippen molar-refractivity contribution in [3.05, 3.63) is 24.0 Å². The van der Waals surface area contributed by atoms with Crippen molar-refractivity contribution in [3.8, 4) is 5.75 Å². The second-order valence-corrected chi connectivity index (χ2v) is 6.47. The zero-order valence-electron chi connectivity index (χ0n) is 13.3. The van der Waals surface area contributed by atoms with E-state index in [4.69, 9.17) is 9.47 Å². The predicted molar refractivity (Wildman–Crippen MR) is 85.3 cm³/mol. The fourth-order valence-electron chi connectivity index (χ4n) is 3.39. The SMILES string of the molecule is COc1ccc2nc(COC3CN(C4CCC4)CC3F)[nH]c2c1. The number of ether oxygens (including phenoxy) is 2. The molecule has 2 aromatic rings. The monoisotopic (exact) mass is 319 g/mol. The van der Waals surface area contributed by atoms with E-state index >= 15 is 0 Å². The van der Waals surface area contributed by atoms with Crippen molar-refractivity contribution in [3.63, 3.8) is 0 Å². The number of alkyl halides is 1. The van der Waals surface area contributed by atoms with E-state index in [-0.39, 0.29) is 6.10 Å². The molecule has 0 spiro atoms. The number of aromatic amines is 1. The minimum Gasteiger partial charge on any atom is -0.497 e. The number of benzene rings is 1. The minimum atomic E-state index is -0.903. The molecule has 1 saturated heterocycles. The number of nitrogens with one attached hydrogen (secondary N) is 1. The molecule has 2 unspecified atom stereocenters. The van der Waals surface area contributed by atoms with Crippen LogP contribution in [0.25, 0.3) is 11.0 Å². The molecule has 1 aliphatic carbocycles. The Morgan fingerprint density at radius 2 is 2.22 bits per heavy atom. The summed E-state index contributed by atoms with van der Waals surface area (Å²) in [5.74, 6) is 1.51. The van der Waals surface area contributed by atoms with Crippen LogP contribution in [-0.2, 0) is 11.3 Å². The van der Waals surface area contributed by atoms with Gasteiger partial charge in [0.25, 0.3) is 0 Å². The summed E-state index contributed by atoms with van der Waals surface area (Å²) < 4.78 is 25.1. The Morgan fingerprint density at radius 3 is 2.96 bits per heavy atom. The van der Waals surface area contributed by atoms with Gasteiger partial charge in [0.15, 0.2) is 0 Å². The number of fused-ring (bicyclic) bond motifs is 1. The maximum Gasteiger partial charge on any atom is 0.140 e. The van der Waals surface area contributed by atoms with E-state index in [9.17, 15) is 4.39 Å². The van der Waals surface area contributed by atoms with E-state index in [0.29, 0.717) is 25.7 Å². The Morgan fingerprint density at radius 1 is 1.35 bits per heavy atom. The van der Waals surface area contributed by atoms with Gasteiger partial charge in [-0.05, 0) is 25.0 Å². The van der Waals surface area contributed by atoms with Gasteiger partial charge in [0.1, 0.15) is 30.5 Å². The highest BCUT2D eigenvalue weighted by atomic mass is 19.1. The fraction of sp³-hybridized carbons (Fsp3) is 0.588. The molecule has 2 atom stereocenters. The number of hydrogen-bond acceptors (Lipinski definition) is 4. The topological polar surface area (TPSA) is 50.4 Å². The van der Waals surface area contributed by atoms with Gasteiger partial charge in [0.2, 0.25) is 0 Å². The summed E-state index contributed by atoms with van der Waals surface area (Å²) in [4.78, 5) is 9.94. The predicted octanol–water partition coefficient (Wildman–Crippen LogP) is 2.66. The fourth-order valence-corrected chi connectivity index (χ4v) is 3.39. The normalized spacial score (nSPS) is 25.8. The van der Waals surface area contributed by atoms with E-state index in [2.05, 4.69) is 14.9 Å². The van der Waals surface area contributed by atoms with Gasteiger partial charge >= 0.3 is 0 Å². The molecule has 1 aromatic carbocycles. The molecular weight excluding hydrogens is 297 g/mol. The highest BCUT2D eigenvalue weighted by Gasteiger charge is 2.38. The van der Waals surface area contributed by atoms with Gasteiger partial charge in [0, 0.05) is 25.2 Å². The highest BCUT2D eigenvalue weighted by Crippen LogP contribution is 2.30. The molecule has 4 rings (SSSR count). The first-order valence-corrected chi connectivity index (χ1v) is 8.25. The molecule has 23 heavy (non-hydrogen) atoms. The molecule has 0 amide bonds. The zero-order chi connectivity index (χ0) is 15.8. The Kier molecular flexibility index (Phi) is 3.95. The van der Waals surface area contributed by atoms with Crippen LogP contribution in [0.3, 0.4) is 0 Å². The Bertz CT molecular complexity index is 686. The van der Waals surface area contributed by atoms with Gasteiger partial charge in [-0.1, -0.05) is 6.42 Å². The van der Waals surface area contributed by atoms with Crippen molar-refractivity contribution in [1.29, 1.82) is 0 Å². The van der Waals surface area contributed by atoms with Crippen molar-refractivity contribution in [2.45, 2.75) is 44.2 Å². The van der Waals surface area contributed by atoms with E-state index in [1.54, 1.807) is 7.11 Å². The van der Waals surface area contributed by atoms with Crippen LogP contribution in [0.5, 0.6) is 5.75 Å². The third-order valence-electron chi connectivity index (χ3n) is 4.99. The summed E-state index contributed by atoms with van der Waals surface area (Å²) in [6.07, 6.45) is 2.42. The van der Waals surface area contributed by atoms with Gasteiger partial charge < -0.3 is 14.5 Å². The maximum atomic E-state index is 14.2. The van der Waals surface area contributed by atoms with Crippen molar-refractivity contribution in [2.75, 3.05) is 20.2 Å². The van der Waals surface area contributed by atoms with Crippen molar-refractivity contribution >= 4 is 11.0 Å². The number of nitrogens with zero attached hydrogens (tertiary/aromatic N) is 2. The van der Waals surface area contributed by atoms with Crippen LogP contribution in [0.4, 0.5) is 4.39 Å².